The summed E-state index contributed by atoms with van der Waals surface area (Å²) in [6.07, 6.45) is 0. The normalized spacial score (nSPS) is 11.4. The van der Waals surface area contributed by atoms with Crippen molar-refractivity contribution in [2.24, 2.45) is 0 Å². The molecule has 72 valence electrons. The van der Waals surface area contributed by atoms with Crippen molar-refractivity contribution in [1.29, 1.82) is 0 Å². The van der Waals surface area contributed by atoms with E-state index in [1.54, 1.807) is 6.92 Å². The molecule has 0 aliphatic carbocycles. The zero-order valence-corrected chi connectivity index (χ0v) is 7.72. The topological polar surface area (TPSA) is 55.1 Å². The predicted molar refractivity (Wildman–Crippen MR) is 45.1 cm³/mol. The number of alkyl halides is 1. The lowest BCUT2D eigenvalue weighted by atomic mass is 10.1. The third kappa shape index (κ3) is 2.54. The van der Waals surface area contributed by atoms with Crippen molar-refractivity contribution in [2.75, 3.05) is 5.32 Å². The number of carbonyl (C=O) groups is 1. The first-order chi connectivity index (χ1) is 5.89. The van der Waals surface area contributed by atoms with Crippen molar-refractivity contribution in [2.45, 2.75) is 26.4 Å². The van der Waals surface area contributed by atoms with Crippen molar-refractivity contribution in [3.63, 3.8) is 0 Å². The van der Waals surface area contributed by atoms with E-state index in [0.29, 0.717) is 5.76 Å². The summed E-state index contributed by atoms with van der Waals surface area (Å²) in [6.45, 7) is 4.04. The zero-order chi connectivity index (χ0) is 10.1. The lowest BCUT2D eigenvalue weighted by Crippen LogP contribution is -2.32. The fraction of sp³-hybridized carbons (Fsp3) is 0.500. The Balaban J connectivity index is 2.65. The van der Waals surface area contributed by atoms with Gasteiger partial charge in [0.1, 0.15) is 5.76 Å². The fourth-order valence-corrected chi connectivity index (χ4v) is 0.690. The van der Waals surface area contributed by atoms with Gasteiger partial charge in [-0.25, -0.2) is 4.39 Å². The average molecular weight is 186 g/mol. The summed E-state index contributed by atoms with van der Waals surface area (Å²) in [7, 11) is 0. The van der Waals surface area contributed by atoms with Gasteiger partial charge in [0.25, 0.3) is 5.91 Å². The highest BCUT2D eigenvalue weighted by Crippen LogP contribution is 2.13. The van der Waals surface area contributed by atoms with Crippen LogP contribution < -0.4 is 5.32 Å². The molecule has 4 nitrogen and oxygen atoms in total. The number of nitrogens with one attached hydrogen (secondary N) is 1. The molecule has 0 aromatic carbocycles. The highest BCUT2D eigenvalue weighted by molar-refractivity contribution is 5.95. The van der Waals surface area contributed by atoms with Gasteiger partial charge in [-0.2, -0.15) is 0 Å². The second-order valence-electron chi connectivity index (χ2n) is 3.25. The lowest BCUT2D eigenvalue weighted by molar-refractivity contribution is -0.125. The van der Waals surface area contributed by atoms with Crippen LogP contribution in [0.4, 0.5) is 10.2 Å². The van der Waals surface area contributed by atoms with Gasteiger partial charge in [0.15, 0.2) is 11.5 Å². The maximum atomic E-state index is 13.0. The van der Waals surface area contributed by atoms with Crippen LogP contribution in [0.2, 0.25) is 0 Å². The molecular formula is C8H11FN2O2. The summed E-state index contributed by atoms with van der Waals surface area (Å²) in [4.78, 5) is 11.1. The number of hydrogen-bond donors (Lipinski definition) is 1. The number of anilines is 1. The number of halogens is 1. The molecule has 1 amide bonds. The van der Waals surface area contributed by atoms with Crippen LogP contribution >= 0.6 is 0 Å². The first kappa shape index (κ1) is 9.70. The number of nitrogens with zero attached hydrogens (tertiary/aromatic N) is 1. The molecule has 0 spiro atoms. The van der Waals surface area contributed by atoms with E-state index in [4.69, 9.17) is 4.52 Å². The van der Waals surface area contributed by atoms with Crippen LogP contribution in [0.15, 0.2) is 10.6 Å². The van der Waals surface area contributed by atoms with E-state index in [1.165, 1.54) is 19.9 Å². The van der Waals surface area contributed by atoms with Crippen LogP contribution in [0.5, 0.6) is 0 Å². The largest absolute Gasteiger partial charge is 0.360 e. The summed E-state index contributed by atoms with van der Waals surface area (Å²) < 4.78 is 17.7. The Morgan fingerprint density at radius 1 is 1.69 bits per heavy atom. The number of rotatable bonds is 2. The summed E-state index contributed by atoms with van der Waals surface area (Å²) in [5, 5.41) is 5.78. The van der Waals surface area contributed by atoms with E-state index in [1.807, 2.05) is 0 Å². The predicted octanol–water partition coefficient (Wildman–Crippen LogP) is 1.67. The SMILES string of the molecule is Cc1cc(NC(=O)C(C)(C)F)no1. The zero-order valence-electron chi connectivity index (χ0n) is 7.72. The Morgan fingerprint density at radius 3 is 2.69 bits per heavy atom. The van der Waals surface area contributed by atoms with E-state index in [0.717, 1.165) is 0 Å². The Labute approximate surface area is 75.1 Å². The molecule has 1 aromatic rings. The minimum absolute atomic E-state index is 0.230. The number of carbonyl (C=O) groups excluding carboxylic acids is 1. The van der Waals surface area contributed by atoms with Crippen molar-refractivity contribution < 1.29 is 13.7 Å². The molecular weight excluding hydrogens is 175 g/mol. The number of aryl methyl sites for hydroxylation is 1. The summed E-state index contributed by atoms with van der Waals surface area (Å²) >= 11 is 0. The Hall–Kier alpha value is -1.39. The minimum atomic E-state index is -1.91. The molecule has 1 aromatic heterocycles. The highest BCUT2D eigenvalue weighted by Gasteiger charge is 2.27. The Morgan fingerprint density at radius 2 is 2.31 bits per heavy atom. The molecule has 0 atom stereocenters. The highest BCUT2D eigenvalue weighted by atomic mass is 19.1. The molecule has 1 rings (SSSR count). The Kier molecular flexibility index (Phi) is 2.36. The third-order valence-electron chi connectivity index (χ3n) is 1.41. The first-order valence-corrected chi connectivity index (χ1v) is 3.83. The molecule has 0 saturated heterocycles. The molecule has 13 heavy (non-hydrogen) atoms. The standard InChI is InChI=1S/C8H11FN2O2/c1-5-4-6(11-13-5)10-7(12)8(2,3)9/h4H,1-3H3,(H,10,11,12). The number of amides is 1. The fourth-order valence-electron chi connectivity index (χ4n) is 0.690. The van der Waals surface area contributed by atoms with Gasteiger partial charge < -0.3 is 9.84 Å². The van der Waals surface area contributed by atoms with Crippen LogP contribution in [0, 0.1) is 6.92 Å². The van der Waals surface area contributed by atoms with Gasteiger partial charge in [0.05, 0.1) is 0 Å². The smallest absolute Gasteiger partial charge is 0.262 e. The van der Waals surface area contributed by atoms with Gasteiger partial charge in [0.2, 0.25) is 0 Å². The molecule has 5 heteroatoms. The lowest BCUT2D eigenvalue weighted by Gasteiger charge is -2.11. The summed E-state index contributed by atoms with van der Waals surface area (Å²) in [6, 6.07) is 1.52. The molecule has 0 bridgehead atoms. The molecule has 0 unspecified atom stereocenters. The van der Waals surface area contributed by atoms with Crippen LogP contribution in [0.25, 0.3) is 0 Å². The van der Waals surface area contributed by atoms with Crippen LogP contribution in [-0.2, 0) is 4.79 Å². The van der Waals surface area contributed by atoms with Crippen molar-refractivity contribution >= 4 is 11.7 Å². The van der Waals surface area contributed by atoms with Gasteiger partial charge in [0, 0.05) is 6.07 Å². The Bertz CT molecular complexity index is 314. The third-order valence-corrected chi connectivity index (χ3v) is 1.41. The van der Waals surface area contributed by atoms with E-state index < -0.39 is 11.6 Å². The van der Waals surface area contributed by atoms with Crippen molar-refractivity contribution in [1.82, 2.24) is 5.16 Å². The van der Waals surface area contributed by atoms with E-state index in [2.05, 4.69) is 10.5 Å². The number of aromatic nitrogens is 1. The second kappa shape index (κ2) is 3.16. The maximum absolute atomic E-state index is 13.0. The molecule has 0 aliphatic rings. The van der Waals surface area contributed by atoms with Crippen LogP contribution in [0.1, 0.15) is 19.6 Å². The summed E-state index contributed by atoms with van der Waals surface area (Å²) in [5.41, 5.74) is -1.91. The van der Waals surface area contributed by atoms with Gasteiger partial charge in [-0.05, 0) is 20.8 Å². The number of hydrogen-bond acceptors (Lipinski definition) is 3. The maximum Gasteiger partial charge on any atom is 0.262 e. The summed E-state index contributed by atoms with van der Waals surface area (Å²) in [5.74, 6) is 0.0565. The van der Waals surface area contributed by atoms with Crippen molar-refractivity contribution in [3.8, 4) is 0 Å². The molecule has 0 saturated carbocycles. The minimum Gasteiger partial charge on any atom is -0.360 e. The van der Waals surface area contributed by atoms with E-state index in [-0.39, 0.29) is 5.82 Å². The molecule has 1 N–H and O–H groups in total. The molecule has 0 fully saturated rings. The van der Waals surface area contributed by atoms with E-state index >= 15 is 0 Å². The van der Waals surface area contributed by atoms with Crippen molar-refractivity contribution in [3.05, 3.63) is 11.8 Å². The second-order valence-corrected chi connectivity index (χ2v) is 3.25. The monoisotopic (exact) mass is 186 g/mol. The van der Waals surface area contributed by atoms with Gasteiger partial charge in [-0.3, -0.25) is 4.79 Å². The van der Waals surface area contributed by atoms with E-state index in [9.17, 15) is 9.18 Å². The molecule has 0 aliphatic heterocycles. The van der Waals surface area contributed by atoms with Gasteiger partial charge >= 0.3 is 0 Å². The van der Waals surface area contributed by atoms with Crippen LogP contribution in [-0.4, -0.2) is 16.7 Å². The van der Waals surface area contributed by atoms with Crippen LogP contribution in [0.3, 0.4) is 0 Å². The van der Waals surface area contributed by atoms with Gasteiger partial charge in [-0.1, -0.05) is 5.16 Å². The quantitative estimate of drug-likeness (QED) is 0.764. The molecule has 1 heterocycles. The van der Waals surface area contributed by atoms with Gasteiger partial charge in [-0.15, -0.1) is 0 Å². The molecule has 0 radical (unpaired) electrons. The average Bonchev–Trinajstić information content (AvgIpc) is 2.33. The first-order valence-electron chi connectivity index (χ1n) is 3.83.